The molecule has 5 rings (SSSR count). The molecule has 4 aromatic carbocycles. The van der Waals surface area contributed by atoms with Gasteiger partial charge in [0.15, 0.2) is 0 Å². The summed E-state index contributed by atoms with van der Waals surface area (Å²) in [6.45, 7) is 2.59. The van der Waals surface area contributed by atoms with Crippen LogP contribution in [-0.4, -0.2) is 24.0 Å². The van der Waals surface area contributed by atoms with E-state index in [1.165, 1.54) is 4.68 Å². The molecule has 41 heavy (non-hydrogen) atoms. The van der Waals surface area contributed by atoms with Crippen LogP contribution in [0.5, 0.6) is 17.2 Å². The van der Waals surface area contributed by atoms with Crippen LogP contribution in [-0.2, 0) is 13.2 Å². The number of aromatic nitrogens is 2. The van der Waals surface area contributed by atoms with Crippen molar-refractivity contribution in [1.82, 2.24) is 9.78 Å². The molecule has 0 aliphatic carbocycles. The molecule has 0 unspecified atom stereocenters. The van der Waals surface area contributed by atoms with Crippen LogP contribution >= 0.6 is 0 Å². The highest BCUT2D eigenvalue weighted by Gasteiger charge is 2.19. The Balaban J connectivity index is 1.61. The smallest absolute Gasteiger partial charge is 0.274 e. The van der Waals surface area contributed by atoms with Crippen LogP contribution in [0.2, 0.25) is 0 Å². The zero-order valence-electron chi connectivity index (χ0n) is 23.4. The predicted molar refractivity (Wildman–Crippen MR) is 163 cm³/mol. The van der Waals surface area contributed by atoms with Crippen molar-refractivity contribution >= 4 is 12.2 Å². The molecule has 1 heterocycles. The first-order chi connectivity index (χ1) is 20.1. The van der Waals surface area contributed by atoms with Gasteiger partial charge in [0.25, 0.3) is 5.56 Å². The maximum atomic E-state index is 14.1. The molecule has 0 radical (unpaired) electrons. The molecule has 0 amide bonds. The van der Waals surface area contributed by atoms with Gasteiger partial charge in [0.05, 0.1) is 32.0 Å². The van der Waals surface area contributed by atoms with Gasteiger partial charge in [-0.05, 0) is 47.9 Å². The summed E-state index contributed by atoms with van der Waals surface area (Å²) in [7, 11) is 3.21. The number of nitrogens with zero attached hydrogens (tertiary/aromatic N) is 2. The van der Waals surface area contributed by atoms with Crippen molar-refractivity contribution in [2.45, 2.75) is 20.1 Å². The van der Waals surface area contributed by atoms with E-state index in [9.17, 15) is 4.79 Å². The Bertz CT molecular complexity index is 1690. The zero-order valence-corrected chi connectivity index (χ0v) is 23.4. The molecule has 206 valence electrons. The number of para-hydroxylation sites is 1. The third-order valence-corrected chi connectivity index (χ3v) is 6.75. The Morgan fingerprint density at radius 2 is 1.39 bits per heavy atom. The Morgan fingerprint density at radius 3 is 2.07 bits per heavy atom. The van der Waals surface area contributed by atoms with E-state index in [-0.39, 0.29) is 12.1 Å². The normalized spacial score (nSPS) is 11.0. The lowest BCUT2D eigenvalue weighted by Gasteiger charge is -2.17. The summed E-state index contributed by atoms with van der Waals surface area (Å²) in [5.74, 6) is 1.98. The highest BCUT2D eigenvalue weighted by atomic mass is 16.5. The Kier molecular flexibility index (Phi) is 8.60. The highest BCUT2D eigenvalue weighted by Crippen LogP contribution is 2.34. The van der Waals surface area contributed by atoms with Crippen LogP contribution in [0.4, 0.5) is 0 Å². The minimum atomic E-state index is -0.211. The molecular formula is C35H32N2O4. The van der Waals surface area contributed by atoms with E-state index in [2.05, 4.69) is 0 Å². The van der Waals surface area contributed by atoms with Gasteiger partial charge in [-0.15, -0.1) is 0 Å². The fraction of sp³-hybridized carbons (Fsp3) is 0.143. The lowest BCUT2D eigenvalue weighted by atomic mass is 9.97. The molecule has 0 N–H and O–H groups in total. The monoisotopic (exact) mass is 544 g/mol. The highest BCUT2D eigenvalue weighted by molar-refractivity contribution is 5.84. The van der Waals surface area contributed by atoms with Crippen LogP contribution < -0.4 is 19.8 Å². The SMILES string of the molecule is COc1cc(Cn2nc(C)c(-c3ccccc3OCc3ccccc3)c(C=Cc3ccccc3)c2=O)cc(OC)c1. The second kappa shape index (κ2) is 12.8. The average molecular weight is 545 g/mol. The summed E-state index contributed by atoms with van der Waals surface area (Å²) >= 11 is 0. The van der Waals surface area contributed by atoms with Crippen molar-refractivity contribution in [2.24, 2.45) is 0 Å². The van der Waals surface area contributed by atoms with Gasteiger partial charge in [0.2, 0.25) is 0 Å². The largest absolute Gasteiger partial charge is 0.497 e. The maximum Gasteiger partial charge on any atom is 0.274 e. The van der Waals surface area contributed by atoms with Crippen LogP contribution in [0.15, 0.2) is 108 Å². The number of hydrogen-bond donors (Lipinski definition) is 0. The molecule has 0 aliphatic heterocycles. The average Bonchev–Trinajstić information content (AvgIpc) is 3.02. The fourth-order valence-corrected chi connectivity index (χ4v) is 4.73. The van der Waals surface area contributed by atoms with Gasteiger partial charge in [0.1, 0.15) is 23.9 Å². The zero-order chi connectivity index (χ0) is 28.6. The first kappa shape index (κ1) is 27.5. The van der Waals surface area contributed by atoms with E-state index in [0.717, 1.165) is 27.8 Å². The minimum Gasteiger partial charge on any atom is -0.497 e. The Morgan fingerprint density at radius 1 is 0.756 bits per heavy atom. The van der Waals surface area contributed by atoms with Gasteiger partial charge in [-0.25, -0.2) is 4.68 Å². The molecule has 1 aromatic heterocycles. The van der Waals surface area contributed by atoms with Gasteiger partial charge in [0, 0.05) is 17.2 Å². The van der Waals surface area contributed by atoms with E-state index in [1.54, 1.807) is 20.3 Å². The Hall–Kier alpha value is -5.10. The van der Waals surface area contributed by atoms with Crippen LogP contribution in [0.3, 0.4) is 0 Å². The van der Waals surface area contributed by atoms with Gasteiger partial charge in [-0.3, -0.25) is 4.79 Å². The molecule has 0 saturated carbocycles. The summed E-state index contributed by atoms with van der Waals surface area (Å²) in [6, 6.07) is 33.3. The minimum absolute atomic E-state index is 0.211. The lowest BCUT2D eigenvalue weighted by molar-refractivity contribution is 0.307. The van der Waals surface area contributed by atoms with E-state index in [1.807, 2.05) is 116 Å². The van der Waals surface area contributed by atoms with Crippen LogP contribution in [0.25, 0.3) is 23.3 Å². The first-order valence-electron chi connectivity index (χ1n) is 13.4. The third kappa shape index (κ3) is 6.56. The summed E-state index contributed by atoms with van der Waals surface area (Å²) in [5, 5.41) is 4.76. The molecule has 0 fully saturated rings. The first-order valence-corrected chi connectivity index (χ1v) is 13.4. The van der Waals surface area contributed by atoms with Gasteiger partial charge >= 0.3 is 0 Å². The second-order valence-electron chi connectivity index (χ2n) is 9.57. The number of benzene rings is 4. The van der Waals surface area contributed by atoms with E-state index in [0.29, 0.717) is 35.1 Å². The molecule has 0 saturated heterocycles. The molecule has 5 aromatic rings. The summed E-state index contributed by atoms with van der Waals surface area (Å²) in [5.41, 5.74) is 5.48. The maximum absolute atomic E-state index is 14.1. The van der Waals surface area contributed by atoms with Gasteiger partial charge < -0.3 is 14.2 Å². The van der Waals surface area contributed by atoms with E-state index < -0.39 is 0 Å². The number of rotatable bonds is 10. The topological polar surface area (TPSA) is 62.6 Å². The van der Waals surface area contributed by atoms with Gasteiger partial charge in [-0.1, -0.05) is 84.9 Å². The lowest BCUT2D eigenvalue weighted by Crippen LogP contribution is -2.27. The number of hydrogen-bond acceptors (Lipinski definition) is 5. The van der Waals surface area contributed by atoms with Crippen molar-refractivity contribution in [3.8, 4) is 28.4 Å². The van der Waals surface area contributed by atoms with Crippen molar-refractivity contribution in [3.05, 3.63) is 141 Å². The van der Waals surface area contributed by atoms with Crippen molar-refractivity contribution < 1.29 is 14.2 Å². The molecular weight excluding hydrogens is 512 g/mol. The van der Waals surface area contributed by atoms with Crippen LogP contribution in [0, 0.1) is 6.92 Å². The quantitative estimate of drug-likeness (QED) is 0.189. The molecule has 0 spiro atoms. The third-order valence-electron chi connectivity index (χ3n) is 6.75. The molecule has 6 heteroatoms. The number of ether oxygens (including phenoxy) is 3. The van der Waals surface area contributed by atoms with Crippen molar-refractivity contribution in [2.75, 3.05) is 14.2 Å². The Labute approximate surface area is 240 Å². The number of aryl methyl sites for hydroxylation is 1. The summed E-state index contributed by atoms with van der Waals surface area (Å²) in [4.78, 5) is 14.1. The van der Waals surface area contributed by atoms with Crippen LogP contribution in [0.1, 0.15) is 27.9 Å². The summed E-state index contributed by atoms with van der Waals surface area (Å²) in [6.07, 6.45) is 3.82. The van der Waals surface area contributed by atoms with E-state index >= 15 is 0 Å². The standard InChI is InChI=1S/C35H32N2O4/c1-25-34(31-16-10-11-17-33(31)41-24-27-14-8-5-9-15-27)32(19-18-26-12-6-4-7-13-26)35(38)37(36-25)23-28-20-29(39-2)22-30(21-28)40-3/h4-22H,23-24H2,1-3H3. The summed E-state index contributed by atoms with van der Waals surface area (Å²) < 4.78 is 18.6. The van der Waals surface area contributed by atoms with Crippen molar-refractivity contribution in [1.29, 1.82) is 0 Å². The molecule has 0 aliphatic rings. The van der Waals surface area contributed by atoms with Gasteiger partial charge in [-0.2, -0.15) is 5.10 Å². The predicted octanol–water partition coefficient (Wildman–Crippen LogP) is 7.03. The number of methoxy groups -OCH3 is 2. The molecule has 0 bridgehead atoms. The fourth-order valence-electron chi connectivity index (χ4n) is 4.73. The second-order valence-corrected chi connectivity index (χ2v) is 9.57. The van der Waals surface area contributed by atoms with E-state index in [4.69, 9.17) is 19.3 Å². The van der Waals surface area contributed by atoms with Crippen molar-refractivity contribution in [3.63, 3.8) is 0 Å². The molecule has 6 nitrogen and oxygen atoms in total. The molecule has 0 atom stereocenters.